The molecule has 1 amide bonds. The van der Waals surface area contributed by atoms with Gasteiger partial charge in [0.25, 0.3) is 0 Å². The van der Waals surface area contributed by atoms with E-state index in [1.54, 1.807) is 7.11 Å². The fourth-order valence-electron chi connectivity index (χ4n) is 4.30. The van der Waals surface area contributed by atoms with Crippen LogP contribution in [0.1, 0.15) is 11.3 Å². The van der Waals surface area contributed by atoms with Gasteiger partial charge in [-0.25, -0.2) is 9.97 Å². The van der Waals surface area contributed by atoms with Gasteiger partial charge >= 0.3 is 0 Å². The van der Waals surface area contributed by atoms with E-state index in [0.717, 1.165) is 59.2 Å². The SMILES string of the molecule is COc1cccc(Cc2nc3ccccc3nc2SCC(=O)N2CCN(c3ccccc3)CC2)c1. The maximum Gasteiger partial charge on any atom is 0.233 e. The van der Waals surface area contributed by atoms with Crippen LogP contribution >= 0.6 is 11.8 Å². The molecule has 1 saturated heterocycles. The molecule has 0 atom stereocenters. The number of rotatable bonds is 7. The molecule has 3 aromatic carbocycles. The van der Waals surface area contributed by atoms with Crippen molar-refractivity contribution >= 4 is 34.4 Å². The topological polar surface area (TPSA) is 58.6 Å². The second-order valence-electron chi connectivity index (χ2n) is 8.48. The highest BCUT2D eigenvalue weighted by Crippen LogP contribution is 2.26. The van der Waals surface area contributed by atoms with Crippen LogP contribution in [0.3, 0.4) is 0 Å². The van der Waals surface area contributed by atoms with Crippen LogP contribution in [0.4, 0.5) is 5.69 Å². The van der Waals surface area contributed by atoms with Crippen LogP contribution in [-0.2, 0) is 11.2 Å². The summed E-state index contributed by atoms with van der Waals surface area (Å²) in [5.41, 5.74) is 4.89. The number of hydrogen-bond acceptors (Lipinski definition) is 6. The molecule has 0 N–H and O–H groups in total. The van der Waals surface area contributed by atoms with E-state index in [0.29, 0.717) is 12.2 Å². The average molecular weight is 485 g/mol. The summed E-state index contributed by atoms with van der Waals surface area (Å²) in [6, 6.07) is 26.2. The highest BCUT2D eigenvalue weighted by atomic mass is 32.2. The van der Waals surface area contributed by atoms with Crippen LogP contribution in [0.15, 0.2) is 83.9 Å². The summed E-state index contributed by atoms with van der Waals surface area (Å²) in [4.78, 5) is 27.1. The van der Waals surface area contributed by atoms with Crippen molar-refractivity contribution in [3.63, 3.8) is 0 Å². The Bertz CT molecular complexity index is 1310. The second kappa shape index (κ2) is 10.8. The number of benzene rings is 3. The Hall–Kier alpha value is -3.58. The van der Waals surface area contributed by atoms with E-state index < -0.39 is 0 Å². The molecule has 1 aliphatic heterocycles. The molecule has 1 fully saturated rings. The highest BCUT2D eigenvalue weighted by Gasteiger charge is 2.22. The van der Waals surface area contributed by atoms with Gasteiger partial charge in [-0.1, -0.05) is 54.2 Å². The Labute approximate surface area is 209 Å². The molecule has 35 heavy (non-hydrogen) atoms. The largest absolute Gasteiger partial charge is 0.497 e. The zero-order valence-corrected chi connectivity index (χ0v) is 20.6. The van der Waals surface area contributed by atoms with Crippen LogP contribution < -0.4 is 9.64 Å². The molecule has 5 rings (SSSR count). The monoisotopic (exact) mass is 484 g/mol. The minimum Gasteiger partial charge on any atom is -0.497 e. The molecule has 178 valence electrons. The molecule has 0 unspecified atom stereocenters. The molecular weight excluding hydrogens is 456 g/mol. The number of amides is 1. The number of aromatic nitrogens is 2. The molecule has 0 bridgehead atoms. The van der Waals surface area contributed by atoms with Crippen LogP contribution in [0.25, 0.3) is 11.0 Å². The fourth-order valence-corrected chi connectivity index (χ4v) is 5.19. The van der Waals surface area contributed by atoms with Crippen molar-refractivity contribution < 1.29 is 9.53 Å². The zero-order chi connectivity index (χ0) is 24.0. The van der Waals surface area contributed by atoms with Crippen molar-refractivity contribution in [2.24, 2.45) is 0 Å². The number of ether oxygens (including phenoxy) is 1. The maximum absolute atomic E-state index is 13.1. The van der Waals surface area contributed by atoms with Crippen molar-refractivity contribution in [2.75, 3.05) is 43.9 Å². The maximum atomic E-state index is 13.1. The Balaban J connectivity index is 1.28. The average Bonchev–Trinajstić information content (AvgIpc) is 2.92. The van der Waals surface area contributed by atoms with E-state index in [2.05, 4.69) is 35.2 Å². The van der Waals surface area contributed by atoms with Crippen LogP contribution in [0.5, 0.6) is 5.75 Å². The number of methoxy groups -OCH3 is 1. The Morgan fingerprint density at radius 3 is 2.34 bits per heavy atom. The van der Waals surface area contributed by atoms with Gasteiger partial charge in [-0.3, -0.25) is 4.79 Å². The lowest BCUT2D eigenvalue weighted by atomic mass is 10.1. The van der Waals surface area contributed by atoms with E-state index >= 15 is 0 Å². The first-order valence-corrected chi connectivity index (χ1v) is 12.8. The zero-order valence-electron chi connectivity index (χ0n) is 19.8. The molecule has 2 heterocycles. The predicted octanol–water partition coefficient (Wildman–Crippen LogP) is 4.67. The normalized spacial score (nSPS) is 13.7. The van der Waals surface area contributed by atoms with Crippen LogP contribution in [0, 0.1) is 0 Å². The van der Waals surface area contributed by atoms with Crippen molar-refractivity contribution in [2.45, 2.75) is 11.4 Å². The Kier molecular flexibility index (Phi) is 7.14. The van der Waals surface area contributed by atoms with Crippen LogP contribution in [-0.4, -0.2) is 59.8 Å². The molecule has 1 aromatic heterocycles. The Morgan fingerprint density at radius 2 is 1.60 bits per heavy atom. The Morgan fingerprint density at radius 1 is 0.886 bits per heavy atom. The molecule has 0 saturated carbocycles. The van der Waals surface area contributed by atoms with Gasteiger partial charge in [0.15, 0.2) is 0 Å². The number of fused-ring (bicyclic) bond motifs is 1. The lowest BCUT2D eigenvalue weighted by Crippen LogP contribution is -2.49. The van der Waals surface area contributed by atoms with Gasteiger partial charge in [0, 0.05) is 38.3 Å². The number of piperazine rings is 1. The first kappa shape index (κ1) is 23.2. The minimum atomic E-state index is 0.144. The molecule has 1 aliphatic rings. The number of hydrogen-bond donors (Lipinski definition) is 0. The predicted molar refractivity (Wildman–Crippen MR) is 141 cm³/mol. The highest BCUT2D eigenvalue weighted by molar-refractivity contribution is 7.99. The molecule has 4 aromatic rings. The second-order valence-corrected chi connectivity index (χ2v) is 9.45. The number of carbonyl (C=O) groups is 1. The first-order chi connectivity index (χ1) is 17.2. The quantitative estimate of drug-likeness (QED) is 0.355. The smallest absolute Gasteiger partial charge is 0.233 e. The number of thioether (sulfide) groups is 1. The molecule has 6 nitrogen and oxygen atoms in total. The summed E-state index contributed by atoms with van der Waals surface area (Å²) < 4.78 is 5.38. The van der Waals surface area contributed by atoms with Gasteiger partial charge in [-0.2, -0.15) is 0 Å². The van der Waals surface area contributed by atoms with E-state index in [9.17, 15) is 4.79 Å². The molecule has 7 heteroatoms. The van der Waals surface area contributed by atoms with E-state index in [1.165, 1.54) is 17.4 Å². The summed E-state index contributed by atoms with van der Waals surface area (Å²) in [6.45, 7) is 3.15. The van der Waals surface area contributed by atoms with E-state index in [1.807, 2.05) is 53.4 Å². The summed E-state index contributed by atoms with van der Waals surface area (Å²) >= 11 is 1.48. The van der Waals surface area contributed by atoms with Crippen molar-refractivity contribution in [1.82, 2.24) is 14.9 Å². The van der Waals surface area contributed by atoms with Gasteiger partial charge < -0.3 is 14.5 Å². The third kappa shape index (κ3) is 5.57. The number of carbonyl (C=O) groups excluding carboxylic acids is 1. The summed E-state index contributed by atoms with van der Waals surface area (Å²) in [6.07, 6.45) is 0.626. The van der Waals surface area contributed by atoms with Gasteiger partial charge in [-0.15, -0.1) is 0 Å². The lowest BCUT2D eigenvalue weighted by Gasteiger charge is -2.36. The summed E-state index contributed by atoms with van der Waals surface area (Å²) in [7, 11) is 1.67. The molecule has 0 spiro atoms. The molecule has 0 aliphatic carbocycles. The number of anilines is 1. The van der Waals surface area contributed by atoms with Crippen molar-refractivity contribution in [1.29, 1.82) is 0 Å². The van der Waals surface area contributed by atoms with Crippen molar-refractivity contribution in [3.05, 3.63) is 90.1 Å². The first-order valence-electron chi connectivity index (χ1n) is 11.8. The fraction of sp³-hybridized carbons (Fsp3) is 0.250. The molecular formula is C28H28N4O2S. The van der Waals surface area contributed by atoms with Gasteiger partial charge in [0.2, 0.25) is 5.91 Å². The third-order valence-corrected chi connectivity index (χ3v) is 7.19. The van der Waals surface area contributed by atoms with Gasteiger partial charge in [-0.05, 0) is 42.0 Å². The summed E-state index contributed by atoms with van der Waals surface area (Å²) in [5.74, 6) is 1.31. The lowest BCUT2D eigenvalue weighted by molar-refractivity contribution is -0.128. The van der Waals surface area contributed by atoms with Gasteiger partial charge in [0.05, 0.1) is 29.6 Å². The van der Waals surface area contributed by atoms with E-state index in [4.69, 9.17) is 14.7 Å². The van der Waals surface area contributed by atoms with Gasteiger partial charge in [0.1, 0.15) is 10.8 Å². The minimum absolute atomic E-state index is 0.144. The standard InChI is InChI=1S/C28H28N4O2S/c1-34-23-11-7-8-21(18-23)19-26-28(30-25-13-6-5-12-24(25)29-26)35-20-27(33)32-16-14-31(15-17-32)22-9-3-2-4-10-22/h2-13,18H,14-17,19-20H2,1H3. The van der Waals surface area contributed by atoms with Crippen molar-refractivity contribution in [3.8, 4) is 5.75 Å². The number of para-hydroxylation sites is 3. The summed E-state index contributed by atoms with van der Waals surface area (Å²) in [5, 5.41) is 0.808. The molecule has 0 radical (unpaired) electrons. The van der Waals surface area contributed by atoms with Crippen LogP contribution in [0.2, 0.25) is 0 Å². The van der Waals surface area contributed by atoms with E-state index in [-0.39, 0.29) is 5.91 Å². The third-order valence-electron chi connectivity index (χ3n) is 6.20. The number of nitrogens with zero attached hydrogens (tertiary/aromatic N) is 4.